The van der Waals surface area contributed by atoms with Gasteiger partial charge in [-0.25, -0.2) is 0 Å². The monoisotopic (exact) mass is 492 g/mol. The quantitative estimate of drug-likeness (QED) is 0.117. The first-order chi connectivity index (χ1) is 17.4. The summed E-state index contributed by atoms with van der Waals surface area (Å²) in [6.07, 6.45) is 38.8. The van der Waals surface area contributed by atoms with Crippen molar-refractivity contribution in [3.8, 4) is 0 Å². The molecule has 0 spiro atoms. The van der Waals surface area contributed by atoms with Gasteiger partial charge in [0.1, 0.15) is 0 Å². The third-order valence-corrected chi connectivity index (χ3v) is 8.76. The van der Waals surface area contributed by atoms with E-state index in [0.29, 0.717) is 12.2 Å². The van der Waals surface area contributed by atoms with Gasteiger partial charge >= 0.3 is 0 Å². The molecule has 0 bridgehead atoms. The lowest BCUT2D eigenvalue weighted by Crippen LogP contribution is -2.18. The zero-order valence-corrected chi connectivity index (χ0v) is 24.1. The molecule has 35 heavy (non-hydrogen) atoms. The summed E-state index contributed by atoms with van der Waals surface area (Å²) in [7, 11) is 0. The molecule has 2 fully saturated rings. The Hall–Kier alpha value is -0.0800. The maximum absolute atomic E-state index is 6.35. The predicted molar refractivity (Wildman–Crippen MR) is 153 cm³/mol. The van der Waals surface area contributed by atoms with Gasteiger partial charge in [0.15, 0.2) is 0 Å². The van der Waals surface area contributed by atoms with Crippen LogP contribution in [0.2, 0.25) is 0 Å². The molecule has 2 rings (SSSR count). The summed E-state index contributed by atoms with van der Waals surface area (Å²) in [5.74, 6) is 0.780. The fraction of sp³-hybridized carbons (Fsp3) is 1.00. The minimum absolute atomic E-state index is 0.522. The van der Waals surface area contributed by atoms with Crippen molar-refractivity contribution in [2.45, 2.75) is 192 Å². The van der Waals surface area contributed by atoms with E-state index in [1.807, 2.05) is 0 Å². The molecule has 0 N–H and O–H groups in total. The molecule has 2 aliphatic rings. The van der Waals surface area contributed by atoms with Crippen LogP contribution in [0.15, 0.2) is 0 Å². The Kier molecular flexibility index (Phi) is 20.5. The first-order valence-electron chi connectivity index (χ1n) is 16.6. The average molecular weight is 493 g/mol. The lowest BCUT2D eigenvalue weighted by atomic mass is 10.0. The Morgan fingerprint density at radius 1 is 0.429 bits per heavy atom. The molecule has 0 aliphatic heterocycles. The summed E-state index contributed by atoms with van der Waals surface area (Å²) in [5.41, 5.74) is 0. The number of ether oxygens (including phenoxy) is 2. The highest BCUT2D eigenvalue weighted by Gasteiger charge is 2.21. The Morgan fingerprint density at radius 3 is 1.49 bits per heavy atom. The summed E-state index contributed by atoms with van der Waals surface area (Å²) in [4.78, 5) is 0. The van der Waals surface area contributed by atoms with E-state index in [4.69, 9.17) is 9.47 Å². The highest BCUT2D eigenvalue weighted by molar-refractivity contribution is 4.72. The Bertz CT molecular complexity index is 429. The van der Waals surface area contributed by atoms with Crippen LogP contribution < -0.4 is 0 Å². The second-order valence-corrected chi connectivity index (χ2v) is 12.1. The van der Waals surface area contributed by atoms with Crippen molar-refractivity contribution in [2.75, 3.05) is 13.2 Å². The van der Waals surface area contributed by atoms with Crippen molar-refractivity contribution < 1.29 is 9.47 Å². The third kappa shape index (κ3) is 17.9. The lowest BCUT2D eigenvalue weighted by molar-refractivity contribution is 0.0138. The van der Waals surface area contributed by atoms with E-state index >= 15 is 0 Å². The number of rotatable bonds is 21. The van der Waals surface area contributed by atoms with Gasteiger partial charge in [-0.2, -0.15) is 0 Å². The van der Waals surface area contributed by atoms with Crippen LogP contribution in [0.3, 0.4) is 0 Å². The Morgan fingerprint density at radius 2 is 0.914 bits per heavy atom. The van der Waals surface area contributed by atoms with Crippen LogP contribution in [0.25, 0.3) is 0 Å². The number of hydrogen-bond acceptors (Lipinski definition) is 2. The third-order valence-electron chi connectivity index (χ3n) is 8.76. The summed E-state index contributed by atoms with van der Waals surface area (Å²) in [5, 5.41) is 0. The van der Waals surface area contributed by atoms with Crippen molar-refractivity contribution in [3.05, 3.63) is 0 Å². The van der Waals surface area contributed by atoms with Crippen LogP contribution in [-0.4, -0.2) is 25.4 Å². The highest BCUT2D eigenvalue weighted by Crippen LogP contribution is 2.27. The van der Waals surface area contributed by atoms with Gasteiger partial charge in [-0.15, -0.1) is 0 Å². The minimum Gasteiger partial charge on any atom is -0.378 e. The highest BCUT2D eigenvalue weighted by atomic mass is 16.5. The predicted octanol–water partition coefficient (Wildman–Crippen LogP) is 11.0. The van der Waals surface area contributed by atoms with Crippen LogP contribution in [0.4, 0.5) is 0 Å². The SMILES string of the molecule is CCCCCCCCCCCCCCCCCCOC1CCCC(COC2CCCCCC2)CC1. The van der Waals surface area contributed by atoms with E-state index in [9.17, 15) is 0 Å². The smallest absolute Gasteiger partial charge is 0.0575 e. The van der Waals surface area contributed by atoms with Crippen molar-refractivity contribution in [1.29, 1.82) is 0 Å². The Labute approximate surface area is 221 Å². The molecule has 0 aromatic heterocycles. The molecule has 2 nitrogen and oxygen atoms in total. The molecular weight excluding hydrogens is 428 g/mol. The molecule has 0 aromatic carbocycles. The molecule has 2 saturated carbocycles. The van der Waals surface area contributed by atoms with E-state index in [2.05, 4.69) is 6.92 Å². The number of unbranched alkanes of at least 4 members (excludes halogenated alkanes) is 15. The molecule has 208 valence electrons. The van der Waals surface area contributed by atoms with Crippen LogP contribution in [0, 0.1) is 5.92 Å². The molecule has 0 heterocycles. The largest absolute Gasteiger partial charge is 0.378 e. The van der Waals surface area contributed by atoms with Gasteiger partial charge in [0.2, 0.25) is 0 Å². The summed E-state index contributed by atoms with van der Waals surface area (Å²) in [6, 6.07) is 0. The second kappa shape index (κ2) is 23.1. The molecule has 2 heteroatoms. The molecule has 2 unspecified atom stereocenters. The zero-order valence-electron chi connectivity index (χ0n) is 24.1. The van der Waals surface area contributed by atoms with Gasteiger partial charge in [-0.05, 0) is 50.9 Å². The second-order valence-electron chi connectivity index (χ2n) is 12.1. The van der Waals surface area contributed by atoms with E-state index < -0.39 is 0 Å². The Balaban J connectivity index is 1.31. The van der Waals surface area contributed by atoms with E-state index in [0.717, 1.165) is 19.1 Å². The molecule has 0 radical (unpaired) electrons. The van der Waals surface area contributed by atoms with Gasteiger partial charge < -0.3 is 9.47 Å². The first kappa shape index (κ1) is 31.1. The normalized spacial score (nSPS) is 22.2. The van der Waals surface area contributed by atoms with Crippen molar-refractivity contribution in [1.82, 2.24) is 0 Å². The molecule has 0 saturated heterocycles. The number of hydrogen-bond donors (Lipinski definition) is 0. The lowest BCUT2D eigenvalue weighted by Gasteiger charge is -2.20. The maximum atomic E-state index is 6.35. The van der Waals surface area contributed by atoms with Gasteiger partial charge in [0.05, 0.1) is 12.2 Å². The summed E-state index contributed by atoms with van der Waals surface area (Å²) >= 11 is 0. The van der Waals surface area contributed by atoms with Gasteiger partial charge in [-0.1, -0.05) is 135 Å². The zero-order chi connectivity index (χ0) is 24.7. The summed E-state index contributed by atoms with van der Waals surface area (Å²) < 4.78 is 12.7. The van der Waals surface area contributed by atoms with Crippen molar-refractivity contribution in [2.24, 2.45) is 5.92 Å². The van der Waals surface area contributed by atoms with Crippen LogP contribution in [-0.2, 0) is 9.47 Å². The molecule has 2 aliphatic carbocycles. The fourth-order valence-electron chi connectivity index (χ4n) is 6.26. The standard InChI is InChI=1S/C33H64O2/c1-2-3-4-5-6-7-8-9-10-11-12-13-14-15-18-21-29-34-33-26-22-23-31(27-28-33)30-35-32-24-19-16-17-20-25-32/h31-33H,2-30H2,1H3. The van der Waals surface area contributed by atoms with Gasteiger partial charge in [0.25, 0.3) is 0 Å². The van der Waals surface area contributed by atoms with E-state index in [-0.39, 0.29) is 0 Å². The van der Waals surface area contributed by atoms with E-state index in [1.165, 1.54) is 173 Å². The molecule has 0 aromatic rings. The van der Waals surface area contributed by atoms with Crippen LogP contribution in [0.1, 0.15) is 180 Å². The van der Waals surface area contributed by atoms with Gasteiger partial charge in [0, 0.05) is 13.2 Å². The fourth-order valence-corrected chi connectivity index (χ4v) is 6.26. The van der Waals surface area contributed by atoms with E-state index in [1.54, 1.807) is 0 Å². The average Bonchev–Trinajstić information content (AvgIpc) is 3.27. The maximum Gasteiger partial charge on any atom is 0.0575 e. The van der Waals surface area contributed by atoms with Crippen LogP contribution >= 0.6 is 0 Å². The minimum atomic E-state index is 0.522. The topological polar surface area (TPSA) is 18.5 Å². The summed E-state index contributed by atoms with van der Waals surface area (Å²) in [6.45, 7) is 4.31. The molecular formula is C33H64O2. The first-order valence-corrected chi connectivity index (χ1v) is 16.6. The van der Waals surface area contributed by atoms with Gasteiger partial charge in [-0.3, -0.25) is 0 Å². The van der Waals surface area contributed by atoms with Crippen molar-refractivity contribution >= 4 is 0 Å². The molecule has 0 amide bonds. The molecule has 2 atom stereocenters. The van der Waals surface area contributed by atoms with Crippen LogP contribution in [0.5, 0.6) is 0 Å². The van der Waals surface area contributed by atoms with Crippen molar-refractivity contribution in [3.63, 3.8) is 0 Å².